The maximum absolute atomic E-state index is 14.4. The van der Waals surface area contributed by atoms with E-state index in [0.29, 0.717) is 23.4 Å². The van der Waals surface area contributed by atoms with E-state index in [0.717, 1.165) is 36.1 Å². The molecule has 1 aliphatic heterocycles. The number of aromatic nitrogens is 3. The van der Waals surface area contributed by atoms with Crippen LogP contribution in [0, 0.1) is 10.5 Å². The number of nitrogens with one attached hydrogen (secondary N) is 2. The largest absolute Gasteiger partial charge is 0.365 e. The maximum atomic E-state index is 14.4. The number of amides is 1. The van der Waals surface area contributed by atoms with Crippen molar-refractivity contribution >= 4 is 34.7 Å². The predicted molar refractivity (Wildman–Crippen MR) is 129 cm³/mol. The molecule has 4 rings (SSSR count). The minimum atomic E-state index is -0.628. The summed E-state index contributed by atoms with van der Waals surface area (Å²) in [5, 5.41) is 3.26. The Kier molecular flexibility index (Phi) is 6.57. The molecule has 0 saturated carbocycles. The van der Waals surface area contributed by atoms with Gasteiger partial charge in [-0.15, -0.1) is 0 Å². The zero-order valence-electron chi connectivity index (χ0n) is 18.9. The second kappa shape index (κ2) is 9.40. The van der Waals surface area contributed by atoms with E-state index in [1.54, 1.807) is 10.8 Å². The molecule has 10 heteroatoms. The maximum Gasteiger partial charge on any atom is 0.326 e. The lowest BCUT2D eigenvalue weighted by Crippen LogP contribution is -2.51. The van der Waals surface area contributed by atoms with E-state index in [4.69, 9.17) is 12.2 Å². The first-order chi connectivity index (χ1) is 15.8. The zero-order valence-corrected chi connectivity index (χ0v) is 19.7. The lowest BCUT2D eigenvalue weighted by molar-refractivity contribution is 0.0953. The highest BCUT2D eigenvalue weighted by molar-refractivity contribution is 7.71. The molecule has 1 aliphatic rings. The van der Waals surface area contributed by atoms with Gasteiger partial charge in [0.05, 0.1) is 17.4 Å². The Morgan fingerprint density at radius 3 is 2.79 bits per heavy atom. The normalized spacial score (nSPS) is 16.8. The molecule has 1 unspecified atom stereocenters. The Labute approximate surface area is 196 Å². The van der Waals surface area contributed by atoms with Gasteiger partial charge in [0.2, 0.25) is 0 Å². The van der Waals surface area contributed by atoms with Crippen LogP contribution in [0.15, 0.2) is 35.3 Å². The Balaban J connectivity index is 1.48. The lowest BCUT2D eigenvalue weighted by Gasteiger charge is -2.41. The highest BCUT2D eigenvalue weighted by Gasteiger charge is 2.25. The SMILES string of the molecule is CCn1c(=O)[nH]c2cc(CN3CCN(c4cnc(C(=O)NC)c(F)c4)C(C)C3)ccc2c1=S. The van der Waals surface area contributed by atoms with Gasteiger partial charge in [-0.05, 0) is 31.5 Å². The number of aromatic amines is 1. The van der Waals surface area contributed by atoms with Crippen molar-refractivity contribution in [3.63, 3.8) is 0 Å². The first-order valence-corrected chi connectivity index (χ1v) is 11.4. The number of pyridine rings is 1. The Bertz CT molecular complexity index is 1320. The van der Waals surface area contributed by atoms with E-state index in [2.05, 4.69) is 32.0 Å². The second-order valence-corrected chi connectivity index (χ2v) is 8.63. The first kappa shape index (κ1) is 23.1. The van der Waals surface area contributed by atoms with Gasteiger partial charge in [-0.2, -0.15) is 0 Å². The summed E-state index contributed by atoms with van der Waals surface area (Å²) in [6.07, 6.45) is 1.55. The molecule has 174 valence electrons. The van der Waals surface area contributed by atoms with Gasteiger partial charge in [0.15, 0.2) is 11.5 Å². The molecular formula is C23H27FN6O2S. The van der Waals surface area contributed by atoms with Crippen LogP contribution in [0.1, 0.15) is 29.9 Å². The van der Waals surface area contributed by atoms with Gasteiger partial charge in [-0.3, -0.25) is 14.3 Å². The minimum absolute atomic E-state index is 0.133. The molecule has 0 radical (unpaired) electrons. The molecular weight excluding hydrogens is 443 g/mol. The molecule has 33 heavy (non-hydrogen) atoms. The van der Waals surface area contributed by atoms with Crippen LogP contribution >= 0.6 is 12.2 Å². The molecule has 2 N–H and O–H groups in total. The van der Waals surface area contributed by atoms with Gasteiger partial charge in [0.25, 0.3) is 5.91 Å². The van der Waals surface area contributed by atoms with Crippen LogP contribution in [0.5, 0.6) is 0 Å². The van der Waals surface area contributed by atoms with Crippen molar-refractivity contribution in [1.29, 1.82) is 0 Å². The Morgan fingerprint density at radius 2 is 2.12 bits per heavy atom. The highest BCUT2D eigenvalue weighted by atomic mass is 32.1. The number of fused-ring (bicyclic) bond motifs is 1. The Hall–Kier alpha value is -3.11. The fraction of sp³-hybridized carbons (Fsp3) is 0.391. The van der Waals surface area contributed by atoms with Gasteiger partial charge < -0.3 is 15.2 Å². The van der Waals surface area contributed by atoms with Crippen LogP contribution in [0.25, 0.3) is 10.9 Å². The fourth-order valence-electron chi connectivity index (χ4n) is 4.38. The molecule has 1 atom stereocenters. The van der Waals surface area contributed by atoms with Crippen molar-refractivity contribution in [2.45, 2.75) is 33.0 Å². The number of anilines is 1. The summed E-state index contributed by atoms with van der Waals surface area (Å²) in [6.45, 7) is 7.52. The molecule has 3 aromatic rings. The third-order valence-electron chi connectivity index (χ3n) is 6.08. The number of hydrogen-bond acceptors (Lipinski definition) is 6. The minimum Gasteiger partial charge on any atom is -0.365 e. The topological polar surface area (TPSA) is 86.3 Å². The third-order valence-corrected chi connectivity index (χ3v) is 6.52. The van der Waals surface area contributed by atoms with Crippen molar-refractivity contribution in [3.05, 3.63) is 62.7 Å². The molecule has 2 aromatic heterocycles. The molecule has 0 spiro atoms. The number of benzene rings is 1. The summed E-state index contributed by atoms with van der Waals surface area (Å²) in [6, 6.07) is 7.51. The smallest absolute Gasteiger partial charge is 0.326 e. The quantitative estimate of drug-likeness (QED) is 0.558. The lowest BCUT2D eigenvalue weighted by atomic mass is 10.1. The molecule has 1 amide bonds. The van der Waals surface area contributed by atoms with E-state index in [-0.39, 0.29) is 17.4 Å². The average Bonchev–Trinajstić information content (AvgIpc) is 2.78. The average molecular weight is 471 g/mol. The summed E-state index contributed by atoms with van der Waals surface area (Å²) < 4.78 is 16.5. The van der Waals surface area contributed by atoms with Crippen LogP contribution < -0.4 is 15.9 Å². The summed E-state index contributed by atoms with van der Waals surface area (Å²) in [7, 11) is 1.45. The number of H-pyrrole nitrogens is 1. The first-order valence-electron chi connectivity index (χ1n) is 10.9. The van der Waals surface area contributed by atoms with Gasteiger partial charge >= 0.3 is 5.69 Å². The molecule has 3 heterocycles. The van der Waals surface area contributed by atoms with E-state index < -0.39 is 11.7 Å². The number of halogens is 1. The Morgan fingerprint density at radius 1 is 1.33 bits per heavy atom. The molecule has 0 aliphatic carbocycles. The van der Waals surface area contributed by atoms with E-state index >= 15 is 0 Å². The monoisotopic (exact) mass is 470 g/mol. The summed E-state index contributed by atoms with van der Waals surface area (Å²) in [4.78, 5) is 35.3. The van der Waals surface area contributed by atoms with E-state index in [9.17, 15) is 14.0 Å². The fourth-order valence-corrected chi connectivity index (χ4v) is 4.77. The number of carbonyl (C=O) groups is 1. The zero-order chi connectivity index (χ0) is 23.7. The number of rotatable bonds is 5. The van der Waals surface area contributed by atoms with Crippen LogP contribution in [0.4, 0.5) is 10.1 Å². The van der Waals surface area contributed by atoms with Crippen LogP contribution in [-0.4, -0.2) is 58.1 Å². The van der Waals surface area contributed by atoms with E-state index in [1.807, 2.05) is 25.1 Å². The number of nitrogens with zero attached hydrogens (tertiary/aromatic N) is 4. The van der Waals surface area contributed by atoms with Crippen molar-refractivity contribution in [1.82, 2.24) is 24.8 Å². The van der Waals surface area contributed by atoms with Crippen LogP contribution in [0.3, 0.4) is 0 Å². The summed E-state index contributed by atoms with van der Waals surface area (Å²) in [5.74, 6) is -1.17. The van der Waals surface area contributed by atoms with Crippen molar-refractivity contribution < 1.29 is 9.18 Å². The van der Waals surface area contributed by atoms with Gasteiger partial charge in [-0.1, -0.05) is 18.3 Å². The van der Waals surface area contributed by atoms with Crippen LogP contribution in [0.2, 0.25) is 0 Å². The van der Waals surface area contributed by atoms with Crippen LogP contribution in [-0.2, 0) is 13.1 Å². The molecule has 1 fully saturated rings. The van der Waals surface area contributed by atoms with Crippen molar-refractivity contribution in [2.24, 2.45) is 0 Å². The van der Waals surface area contributed by atoms with Crippen molar-refractivity contribution in [2.75, 3.05) is 31.6 Å². The summed E-state index contributed by atoms with van der Waals surface area (Å²) >= 11 is 5.47. The third kappa shape index (κ3) is 4.53. The highest BCUT2D eigenvalue weighted by Crippen LogP contribution is 2.23. The van der Waals surface area contributed by atoms with E-state index in [1.165, 1.54) is 13.1 Å². The molecule has 0 bridgehead atoms. The molecule has 1 saturated heterocycles. The number of carbonyl (C=O) groups excluding carboxylic acids is 1. The number of hydrogen-bond donors (Lipinski definition) is 2. The molecule has 8 nitrogen and oxygen atoms in total. The van der Waals surface area contributed by atoms with Crippen molar-refractivity contribution in [3.8, 4) is 0 Å². The predicted octanol–water partition coefficient (Wildman–Crippen LogP) is 2.68. The standard InChI is InChI=1S/C23H27FN6O2S/c1-4-29-22(33)17-6-5-15(9-19(17)27-23(29)32)13-28-7-8-30(14(2)12-28)16-10-18(24)20(26-11-16)21(31)25-3/h5-6,9-11,14H,4,7-8,12-13H2,1-3H3,(H,25,31)(H,27,32). The van der Waals surface area contributed by atoms with Gasteiger partial charge in [-0.25, -0.2) is 14.2 Å². The second-order valence-electron chi connectivity index (χ2n) is 8.24. The number of piperazine rings is 1. The van der Waals surface area contributed by atoms with Gasteiger partial charge in [0, 0.05) is 57.3 Å². The molecule has 1 aromatic carbocycles. The summed E-state index contributed by atoms with van der Waals surface area (Å²) in [5.41, 5.74) is 2.10. The van der Waals surface area contributed by atoms with Gasteiger partial charge in [0.1, 0.15) is 4.64 Å².